The molecule has 1 aromatic carbocycles. The van der Waals surface area contributed by atoms with Gasteiger partial charge in [0.05, 0.1) is 5.56 Å². The first-order valence-corrected chi connectivity index (χ1v) is 7.48. The molecule has 0 bridgehead atoms. The van der Waals surface area contributed by atoms with Gasteiger partial charge in [-0.1, -0.05) is 13.0 Å². The molecule has 0 saturated heterocycles. The van der Waals surface area contributed by atoms with Gasteiger partial charge in [-0.15, -0.1) is 11.3 Å². The van der Waals surface area contributed by atoms with Gasteiger partial charge in [0.15, 0.2) is 0 Å². The van der Waals surface area contributed by atoms with E-state index >= 15 is 0 Å². The number of amides is 1. The highest BCUT2D eigenvalue weighted by Gasteiger charge is 2.17. The van der Waals surface area contributed by atoms with E-state index < -0.39 is 5.97 Å². The second kappa shape index (κ2) is 6.10. The summed E-state index contributed by atoms with van der Waals surface area (Å²) in [4.78, 5) is 24.4. The molecule has 0 aliphatic carbocycles. The molecule has 0 atom stereocenters. The van der Waals surface area contributed by atoms with Crippen molar-refractivity contribution >= 4 is 28.2 Å². The van der Waals surface area contributed by atoms with Crippen molar-refractivity contribution in [3.05, 3.63) is 51.4 Å². The lowest BCUT2D eigenvalue weighted by atomic mass is 10.1. The Balaban J connectivity index is 2.28. The molecule has 0 saturated carbocycles. The van der Waals surface area contributed by atoms with Crippen LogP contribution in [0.3, 0.4) is 0 Å². The Morgan fingerprint density at radius 1 is 1.19 bits per heavy atom. The van der Waals surface area contributed by atoms with Gasteiger partial charge in [0.1, 0.15) is 5.00 Å². The number of carboxylic acids is 1. The lowest BCUT2D eigenvalue weighted by Crippen LogP contribution is -2.13. The summed E-state index contributed by atoms with van der Waals surface area (Å²) < 4.78 is 0. The van der Waals surface area contributed by atoms with Crippen LogP contribution in [-0.4, -0.2) is 17.0 Å². The number of thiophene rings is 1. The first-order valence-electron chi connectivity index (χ1n) is 6.67. The van der Waals surface area contributed by atoms with E-state index in [0.717, 1.165) is 22.4 Å². The van der Waals surface area contributed by atoms with Gasteiger partial charge >= 0.3 is 5.97 Å². The van der Waals surface area contributed by atoms with Gasteiger partial charge in [0, 0.05) is 10.4 Å². The van der Waals surface area contributed by atoms with E-state index in [1.54, 1.807) is 18.2 Å². The van der Waals surface area contributed by atoms with Gasteiger partial charge in [-0.2, -0.15) is 0 Å². The predicted octanol–water partition coefficient (Wildman–Crippen LogP) is 3.88. The number of hydrogen-bond acceptors (Lipinski definition) is 3. The minimum absolute atomic E-state index is 0.147. The summed E-state index contributed by atoms with van der Waals surface area (Å²) in [5, 5.41) is 12.3. The maximum absolute atomic E-state index is 12.3. The first-order chi connectivity index (χ1) is 9.92. The van der Waals surface area contributed by atoms with E-state index in [-0.39, 0.29) is 11.5 Å². The quantitative estimate of drug-likeness (QED) is 0.900. The van der Waals surface area contributed by atoms with Crippen LogP contribution >= 0.6 is 11.3 Å². The van der Waals surface area contributed by atoms with E-state index in [2.05, 4.69) is 5.32 Å². The second-order valence-corrected chi connectivity index (χ2v) is 6.00. The highest BCUT2D eigenvalue weighted by molar-refractivity contribution is 7.16. The number of benzene rings is 1. The summed E-state index contributed by atoms with van der Waals surface area (Å²) in [5.74, 6) is -1.31. The smallest absolute Gasteiger partial charge is 0.338 e. The third-order valence-electron chi connectivity index (χ3n) is 3.36. The van der Waals surface area contributed by atoms with Crippen LogP contribution in [0.2, 0.25) is 0 Å². The number of aryl methyl sites for hydroxylation is 3. The van der Waals surface area contributed by atoms with Crippen molar-refractivity contribution in [3.63, 3.8) is 0 Å². The minimum Gasteiger partial charge on any atom is -0.478 e. The van der Waals surface area contributed by atoms with Gasteiger partial charge in [0.2, 0.25) is 0 Å². The zero-order valence-corrected chi connectivity index (χ0v) is 13.0. The number of carbonyl (C=O) groups is 2. The molecule has 0 radical (unpaired) electrons. The Bertz CT molecular complexity index is 704. The van der Waals surface area contributed by atoms with Crippen molar-refractivity contribution in [3.8, 4) is 0 Å². The summed E-state index contributed by atoms with van der Waals surface area (Å²) in [7, 11) is 0. The Morgan fingerprint density at radius 2 is 1.90 bits per heavy atom. The molecule has 2 N–H and O–H groups in total. The van der Waals surface area contributed by atoms with Crippen molar-refractivity contribution in [1.82, 2.24) is 0 Å². The van der Waals surface area contributed by atoms with Gasteiger partial charge in [0.25, 0.3) is 5.91 Å². The average molecular weight is 303 g/mol. The third kappa shape index (κ3) is 3.31. The molecule has 21 heavy (non-hydrogen) atoms. The van der Waals surface area contributed by atoms with Crippen LogP contribution in [0, 0.1) is 13.8 Å². The molecule has 0 spiro atoms. The van der Waals surface area contributed by atoms with Crippen LogP contribution in [0.5, 0.6) is 0 Å². The monoisotopic (exact) mass is 303 g/mol. The summed E-state index contributed by atoms with van der Waals surface area (Å²) in [6.07, 6.45) is 0.741. The fraction of sp³-hybridized carbons (Fsp3) is 0.250. The minimum atomic E-state index is -1.03. The average Bonchev–Trinajstić information content (AvgIpc) is 2.85. The Kier molecular flexibility index (Phi) is 4.43. The van der Waals surface area contributed by atoms with E-state index in [1.165, 1.54) is 11.3 Å². The fourth-order valence-corrected chi connectivity index (χ4v) is 2.91. The van der Waals surface area contributed by atoms with Gasteiger partial charge in [-0.3, -0.25) is 4.79 Å². The number of aromatic carboxylic acids is 1. The fourth-order valence-electron chi connectivity index (χ4n) is 1.93. The molecule has 2 rings (SSSR count). The zero-order chi connectivity index (χ0) is 15.6. The lowest BCUT2D eigenvalue weighted by molar-refractivity contribution is 0.0698. The SMILES string of the molecule is CCc1cc(C(=O)O)c(NC(=O)c2ccc(C)c(C)c2)s1. The third-order valence-corrected chi connectivity index (χ3v) is 4.55. The van der Waals surface area contributed by atoms with E-state index in [4.69, 9.17) is 0 Å². The van der Waals surface area contributed by atoms with Crippen molar-refractivity contribution in [2.75, 3.05) is 5.32 Å². The molecule has 0 fully saturated rings. The summed E-state index contributed by atoms with van der Waals surface area (Å²) in [5.41, 5.74) is 2.82. The van der Waals surface area contributed by atoms with Crippen molar-refractivity contribution < 1.29 is 14.7 Å². The van der Waals surface area contributed by atoms with Crippen LogP contribution < -0.4 is 5.32 Å². The molecule has 1 amide bonds. The highest BCUT2D eigenvalue weighted by Crippen LogP contribution is 2.29. The van der Waals surface area contributed by atoms with E-state index in [1.807, 2.05) is 26.8 Å². The maximum Gasteiger partial charge on any atom is 0.338 e. The summed E-state index contributed by atoms with van der Waals surface area (Å²) >= 11 is 1.31. The molecular weight excluding hydrogens is 286 g/mol. The molecule has 110 valence electrons. The van der Waals surface area contributed by atoms with Crippen LogP contribution in [0.1, 0.15) is 43.6 Å². The Hall–Kier alpha value is -2.14. The van der Waals surface area contributed by atoms with Crippen molar-refractivity contribution in [1.29, 1.82) is 0 Å². The molecule has 0 aliphatic rings. The van der Waals surface area contributed by atoms with Crippen LogP contribution in [0.4, 0.5) is 5.00 Å². The molecule has 0 unspecified atom stereocenters. The zero-order valence-electron chi connectivity index (χ0n) is 12.2. The normalized spacial score (nSPS) is 10.4. The number of anilines is 1. The number of carboxylic acid groups (broad SMARTS) is 1. The number of hydrogen-bond donors (Lipinski definition) is 2. The van der Waals surface area contributed by atoms with Crippen LogP contribution in [-0.2, 0) is 6.42 Å². The summed E-state index contributed by atoms with van der Waals surface area (Å²) in [6, 6.07) is 7.04. The van der Waals surface area contributed by atoms with Crippen LogP contribution in [0.15, 0.2) is 24.3 Å². The number of nitrogens with one attached hydrogen (secondary N) is 1. The van der Waals surface area contributed by atoms with Gasteiger partial charge < -0.3 is 10.4 Å². The molecule has 1 heterocycles. The van der Waals surface area contributed by atoms with E-state index in [9.17, 15) is 14.7 Å². The molecule has 5 heteroatoms. The lowest BCUT2D eigenvalue weighted by Gasteiger charge is -2.06. The summed E-state index contributed by atoms with van der Waals surface area (Å²) in [6.45, 7) is 5.87. The Morgan fingerprint density at radius 3 is 2.48 bits per heavy atom. The molecule has 2 aromatic rings. The first kappa shape index (κ1) is 15.3. The predicted molar refractivity (Wildman–Crippen MR) is 84.5 cm³/mol. The highest BCUT2D eigenvalue weighted by atomic mass is 32.1. The van der Waals surface area contributed by atoms with Crippen molar-refractivity contribution in [2.24, 2.45) is 0 Å². The Labute approximate surface area is 127 Å². The second-order valence-electron chi connectivity index (χ2n) is 4.87. The van der Waals surface area contributed by atoms with Crippen LogP contribution in [0.25, 0.3) is 0 Å². The van der Waals surface area contributed by atoms with Gasteiger partial charge in [-0.05, 0) is 49.6 Å². The topological polar surface area (TPSA) is 66.4 Å². The van der Waals surface area contributed by atoms with E-state index in [0.29, 0.717) is 10.6 Å². The molecule has 1 aromatic heterocycles. The largest absolute Gasteiger partial charge is 0.478 e. The number of rotatable bonds is 4. The molecular formula is C16H17NO3S. The van der Waals surface area contributed by atoms with Gasteiger partial charge in [-0.25, -0.2) is 4.79 Å². The molecule has 0 aliphatic heterocycles. The maximum atomic E-state index is 12.3. The standard InChI is InChI=1S/C16H17NO3S/c1-4-12-8-13(16(19)20)15(21-12)17-14(18)11-6-5-9(2)10(3)7-11/h5-8H,4H2,1-3H3,(H,17,18)(H,19,20). The van der Waals surface area contributed by atoms with Crippen molar-refractivity contribution in [2.45, 2.75) is 27.2 Å². The molecule has 4 nitrogen and oxygen atoms in total. The number of carbonyl (C=O) groups excluding carboxylic acids is 1.